The summed E-state index contributed by atoms with van der Waals surface area (Å²) in [6.45, 7) is 4.39. The highest BCUT2D eigenvalue weighted by molar-refractivity contribution is 9.11. The van der Waals surface area contributed by atoms with Crippen molar-refractivity contribution in [3.05, 3.63) is 26.3 Å². The minimum atomic E-state index is 0.150. The van der Waals surface area contributed by atoms with E-state index in [1.807, 2.05) is 6.07 Å². The van der Waals surface area contributed by atoms with E-state index in [9.17, 15) is 5.11 Å². The zero-order valence-electron chi connectivity index (χ0n) is 9.68. The zero-order valence-corrected chi connectivity index (χ0v) is 12.9. The van der Waals surface area contributed by atoms with Gasteiger partial charge in [-0.1, -0.05) is 13.8 Å². The number of hydrogen-bond donors (Lipinski definition) is 1. The van der Waals surface area contributed by atoms with Gasteiger partial charge >= 0.3 is 0 Å². The average molecular weight is 332 g/mol. The minimum Gasteiger partial charge on any atom is -0.396 e. The number of aliphatic hydroxyl groups excluding tert-OH is 1. The molecule has 2 nitrogen and oxygen atoms in total. The number of halogens is 1. The van der Waals surface area contributed by atoms with E-state index in [0.29, 0.717) is 5.92 Å². The molecule has 0 amide bonds. The van der Waals surface area contributed by atoms with Crippen LogP contribution in [0.25, 0.3) is 10.6 Å². The number of thiazole rings is 1. The highest BCUT2D eigenvalue weighted by Gasteiger charge is 2.19. The van der Waals surface area contributed by atoms with Gasteiger partial charge in [-0.05, 0) is 34.0 Å². The number of hydrogen-bond acceptors (Lipinski definition) is 4. The Labute approximate surface area is 117 Å². The molecule has 2 aromatic rings. The van der Waals surface area contributed by atoms with Gasteiger partial charge in [0.1, 0.15) is 0 Å². The van der Waals surface area contributed by atoms with Crippen molar-refractivity contribution in [1.82, 2.24) is 4.98 Å². The second-order valence-electron chi connectivity index (χ2n) is 4.21. The van der Waals surface area contributed by atoms with E-state index in [1.165, 1.54) is 4.88 Å². The molecular weight excluding hydrogens is 318 g/mol. The second kappa shape index (κ2) is 5.61. The van der Waals surface area contributed by atoms with E-state index in [-0.39, 0.29) is 12.5 Å². The molecule has 0 fully saturated rings. The summed E-state index contributed by atoms with van der Waals surface area (Å²) >= 11 is 6.77. The van der Waals surface area contributed by atoms with Gasteiger partial charge in [-0.2, -0.15) is 0 Å². The number of thiophene rings is 1. The van der Waals surface area contributed by atoms with Crippen molar-refractivity contribution in [2.45, 2.75) is 19.8 Å². The molecule has 0 bridgehead atoms. The molecule has 0 spiro atoms. The van der Waals surface area contributed by atoms with Crippen LogP contribution >= 0.6 is 38.6 Å². The van der Waals surface area contributed by atoms with Crippen molar-refractivity contribution in [3.63, 3.8) is 0 Å². The van der Waals surface area contributed by atoms with Crippen LogP contribution in [0.15, 0.2) is 21.3 Å². The van der Waals surface area contributed by atoms with E-state index in [0.717, 1.165) is 14.5 Å². The van der Waals surface area contributed by atoms with Crippen molar-refractivity contribution >= 4 is 38.6 Å². The molecule has 1 unspecified atom stereocenters. The van der Waals surface area contributed by atoms with Crippen LogP contribution in [0.4, 0.5) is 0 Å². The molecule has 2 rings (SSSR count). The van der Waals surface area contributed by atoms with Gasteiger partial charge in [0.25, 0.3) is 0 Å². The molecule has 0 saturated carbocycles. The topological polar surface area (TPSA) is 33.1 Å². The van der Waals surface area contributed by atoms with Gasteiger partial charge in [0, 0.05) is 11.3 Å². The van der Waals surface area contributed by atoms with Crippen molar-refractivity contribution < 1.29 is 5.11 Å². The van der Waals surface area contributed by atoms with Crippen LogP contribution in [0.5, 0.6) is 0 Å². The Balaban J connectivity index is 2.26. The minimum absolute atomic E-state index is 0.150. The number of aromatic nitrogens is 1. The summed E-state index contributed by atoms with van der Waals surface area (Å²) in [4.78, 5) is 5.80. The Hall–Kier alpha value is -0.230. The summed E-state index contributed by atoms with van der Waals surface area (Å²) in [6, 6.07) is 4.10. The van der Waals surface area contributed by atoms with E-state index < -0.39 is 0 Å². The van der Waals surface area contributed by atoms with Crippen LogP contribution in [0.1, 0.15) is 24.8 Å². The van der Waals surface area contributed by atoms with Crippen molar-refractivity contribution in [3.8, 4) is 10.6 Å². The molecule has 0 aliphatic rings. The second-order valence-corrected chi connectivity index (χ2v) is 7.56. The van der Waals surface area contributed by atoms with Crippen LogP contribution in [-0.4, -0.2) is 16.7 Å². The van der Waals surface area contributed by atoms with Crippen molar-refractivity contribution in [1.29, 1.82) is 0 Å². The first-order valence-corrected chi connectivity index (χ1v) is 7.92. The van der Waals surface area contributed by atoms with Crippen LogP contribution in [0.2, 0.25) is 0 Å². The summed E-state index contributed by atoms with van der Waals surface area (Å²) in [5, 5.41) is 12.5. The lowest BCUT2D eigenvalue weighted by Crippen LogP contribution is -2.10. The third-order valence-electron chi connectivity index (χ3n) is 2.67. The molecule has 0 saturated heterocycles. The summed E-state index contributed by atoms with van der Waals surface area (Å²) in [5.74, 6) is 0.561. The maximum absolute atomic E-state index is 9.40. The predicted octanol–water partition coefficient (Wildman–Crippen LogP) is 4.37. The lowest BCUT2D eigenvalue weighted by atomic mass is 9.98. The van der Waals surface area contributed by atoms with Gasteiger partial charge in [0.15, 0.2) is 0 Å². The summed E-state index contributed by atoms with van der Waals surface area (Å²) < 4.78 is 1.12. The Morgan fingerprint density at radius 3 is 2.71 bits per heavy atom. The Morgan fingerprint density at radius 2 is 2.18 bits per heavy atom. The molecule has 0 radical (unpaired) electrons. The molecule has 0 aliphatic heterocycles. The highest BCUT2D eigenvalue weighted by atomic mass is 79.9. The number of aliphatic hydroxyl groups is 1. The first-order valence-electron chi connectivity index (χ1n) is 5.43. The average Bonchev–Trinajstić information content (AvgIpc) is 2.87. The normalized spacial score (nSPS) is 13.2. The van der Waals surface area contributed by atoms with E-state index in [4.69, 9.17) is 0 Å². The first-order chi connectivity index (χ1) is 8.11. The van der Waals surface area contributed by atoms with Gasteiger partial charge in [-0.3, -0.25) is 0 Å². The maximum Gasteiger partial charge on any atom is 0.0989 e. The SMILES string of the molecule is CC(C)C(CO)c1nc(-c2ccc(Br)s2)cs1. The quantitative estimate of drug-likeness (QED) is 0.902. The zero-order chi connectivity index (χ0) is 12.4. The number of nitrogens with zero attached hydrogens (tertiary/aromatic N) is 1. The third-order valence-corrected chi connectivity index (χ3v) is 5.29. The van der Waals surface area contributed by atoms with Crippen LogP contribution < -0.4 is 0 Å². The van der Waals surface area contributed by atoms with Crippen molar-refractivity contribution in [2.24, 2.45) is 5.92 Å². The summed E-state index contributed by atoms with van der Waals surface area (Å²) in [7, 11) is 0. The lowest BCUT2D eigenvalue weighted by molar-refractivity contribution is 0.237. The molecule has 2 aromatic heterocycles. The van der Waals surface area contributed by atoms with Gasteiger partial charge < -0.3 is 5.11 Å². The fourth-order valence-electron chi connectivity index (χ4n) is 1.60. The first kappa shape index (κ1) is 13.2. The molecule has 2 heterocycles. The van der Waals surface area contributed by atoms with Crippen LogP contribution in [0, 0.1) is 5.92 Å². The fourth-order valence-corrected chi connectivity index (χ4v) is 4.10. The van der Waals surface area contributed by atoms with Crippen molar-refractivity contribution in [2.75, 3.05) is 6.61 Å². The number of rotatable bonds is 4. The molecule has 0 aromatic carbocycles. The molecule has 0 aliphatic carbocycles. The standard InChI is InChI=1S/C12H14BrNOS2/c1-7(2)8(5-15)12-14-9(6-16-12)10-3-4-11(13)17-10/h3-4,6-8,15H,5H2,1-2H3. The van der Waals surface area contributed by atoms with Crippen LogP contribution in [-0.2, 0) is 0 Å². The summed E-state index contributed by atoms with van der Waals surface area (Å²) in [6.07, 6.45) is 0. The molecule has 5 heteroatoms. The summed E-state index contributed by atoms with van der Waals surface area (Å²) in [5.41, 5.74) is 1.01. The lowest BCUT2D eigenvalue weighted by Gasteiger charge is -2.14. The fraction of sp³-hybridized carbons (Fsp3) is 0.417. The van der Waals surface area contributed by atoms with Gasteiger partial charge in [-0.25, -0.2) is 4.98 Å². The molecular formula is C12H14BrNOS2. The predicted molar refractivity (Wildman–Crippen MR) is 77.8 cm³/mol. The smallest absolute Gasteiger partial charge is 0.0989 e. The monoisotopic (exact) mass is 331 g/mol. The van der Waals surface area contributed by atoms with Gasteiger partial charge in [-0.15, -0.1) is 22.7 Å². The van der Waals surface area contributed by atoms with Gasteiger partial charge in [0.05, 0.1) is 26.0 Å². The maximum atomic E-state index is 9.40. The Morgan fingerprint density at radius 1 is 1.41 bits per heavy atom. The third kappa shape index (κ3) is 2.96. The largest absolute Gasteiger partial charge is 0.396 e. The molecule has 92 valence electrons. The molecule has 1 atom stereocenters. The highest BCUT2D eigenvalue weighted by Crippen LogP contribution is 2.34. The van der Waals surface area contributed by atoms with E-state index in [1.54, 1.807) is 22.7 Å². The molecule has 17 heavy (non-hydrogen) atoms. The van der Waals surface area contributed by atoms with E-state index in [2.05, 4.69) is 46.2 Å². The van der Waals surface area contributed by atoms with E-state index >= 15 is 0 Å². The van der Waals surface area contributed by atoms with Gasteiger partial charge in [0.2, 0.25) is 0 Å². The van der Waals surface area contributed by atoms with Crippen LogP contribution in [0.3, 0.4) is 0 Å². The molecule has 1 N–H and O–H groups in total. The Bertz CT molecular complexity index is 492. The Kier molecular flexibility index (Phi) is 4.36.